The molecule has 0 radical (unpaired) electrons. The minimum atomic E-state index is -0.746. The Balaban J connectivity index is 1.52. The van der Waals surface area contributed by atoms with Crippen molar-refractivity contribution in [1.82, 2.24) is 19.3 Å². The molecule has 1 aliphatic rings. The first-order valence-corrected chi connectivity index (χ1v) is 11.1. The molecular formula is C24H22N6O4S. The lowest BCUT2D eigenvalue weighted by Crippen LogP contribution is -2.56. The maximum absolute atomic E-state index is 13.0. The number of nitrogens with zero attached hydrogens (tertiary/aromatic N) is 5. The summed E-state index contributed by atoms with van der Waals surface area (Å²) in [6.45, 7) is 1.36. The van der Waals surface area contributed by atoms with E-state index in [1.54, 1.807) is 55.1 Å². The van der Waals surface area contributed by atoms with Crippen LogP contribution in [0.5, 0.6) is 0 Å². The van der Waals surface area contributed by atoms with Gasteiger partial charge in [0, 0.05) is 7.05 Å². The normalized spacial score (nSPS) is 14.2. The summed E-state index contributed by atoms with van der Waals surface area (Å²) >= 11 is 5.24. The number of rotatable bonds is 6. The number of hydrogen-bond acceptors (Lipinski definition) is 7. The Morgan fingerprint density at radius 3 is 2.31 bits per heavy atom. The number of anilines is 1. The van der Waals surface area contributed by atoms with Gasteiger partial charge in [0.25, 0.3) is 17.4 Å². The second-order valence-electron chi connectivity index (χ2n) is 7.73. The van der Waals surface area contributed by atoms with Gasteiger partial charge in [0.15, 0.2) is 0 Å². The number of nitrogens with one attached hydrogen (secondary N) is 1. The third-order valence-corrected chi connectivity index (χ3v) is 5.86. The van der Waals surface area contributed by atoms with Crippen LogP contribution in [0, 0.1) is 6.92 Å². The number of para-hydroxylation sites is 1. The molecule has 0 bridgehead atoms. The van der Waals surface area contributed by atoms with Gasteiger partial charge in [0.05, 0.1) is 24.1 Å². The van der Waals surface area contributed by atoms with Gasteiger partial charge in [-0.15, -0.1) is 0 Å². The van der Waals surface area contributed by atoms with E-state index < -0.39 is 24.1 Å². The van der Waals surface area contributed by atoms with Gasteiger partial charge in [0.1, 0.15) is 12.1 Å². The first-order valence-electron chi connectivity index (χ1n) is 10.7. The fourth-order valence-corrected chi connectivity index (χ4v) is 3.98. The average molecular weight is 491 g/mol. The fourth-order valence-electron chi connectivity index (χ4n) is 3.63. The standard InChI is InChI=1S/C24H22N6O4S/c1-16-22(23(34)30(27(16)2)18-11-7-4-8-12-18)25-15-21(33)28-19(31)13-20(32)29(24(28)35)26-14-17-9-5-3-6-10-17/h3-12,14,25H,13,15H2,1-2H3/b26-14+. The molecule has 1 saturated heterocycles. The number of imide groups is 1. The van der Waals surface area contributed by atoms with Crippen molar-refractivity contribution < 1.29 is 14.4 Å². The topological polar surface area (TPSA) is 109 Å². The van der Waals surface area contributed by atoms with Crippen LogP contribution in [0.2, 0.25) is 0 Å². The predicted molar refractivity (Wildman–Crippen MR) is 134 cm³/mol. The summed E-state index contributed by atoms with van der Waals surface area (Å²) in [7, 11) is 1.73. The van der Waals surface area contributed by atoms with Crippen LogP contribution in [0.3, 0.4) is 0 Å². The zero-order chi connectivity index (χ0) is 25.1. The molecule has 0 spiro atoms. The van der Waals surface area contributed by atoms with Crippen LogP contribution in [-0.4, -0.2) is 54.9 Å². The van der Waals surface area contributed by atoms with E-state index in [-0.39, 0.29) is 22.9 Å². The number of amides is 3. The van der Waals surface area contributed by atoms with Crippen molar-refractivity contribution in [3.8, 4) is 5.69 Å². The molecule has 0 unspecified atom stereocenters. The van der Waals surface area contributed by atoms with Crippen molar-refractivity contribution in [1.29, 1.82) is 0 Å². The maximum Gasteiger partial charge on any atom is 0.295 e. The summed E-state index contributed by atoms with van der Waals surface area (Å²) < 4.78 is 3.14. The van der Waals surface area contributed by atoms with Gasteiger partial charge in [-0.05, 0) is 36.8 Å². The fraction of sp³-hybridized carbons (Fsp3) is 0.167. The van der Waals surface area contributed by atoms with Crippen LogP contribution < -0.4 is 10.9 Å². The Morgan fingerprint density at radius 1 is 1.03 bits per heavy atom. The monoisotopic (exact) mass is 490 g/mol. The molecule has 10 nitrogen and oxygen atoms in total. The quantitative estimate of drug-likeness (QED) is 0.321. The summed E-state index contributed by atoms with van der Waals surface area (Å²) in [5.74, 6) is -2.08. The van der Waals surface area contributed by atoms with Crippen LogP contribution in [0.15, 0.2) is 70.6 Å². The van der Waals surface area contributed by atoms with Crippen LogP contribution in [0.4, 0.5) is 5.69 Å². The summed E-state index contributed by atoms with van der Waals surface area (Å²) in [5.41, 5.74) is 1.86. The predicted octanol–water partition coefficient (Wildman–Crippen LogP) is 1.80. The van der Waals surface area contributed by atoms with Gasteiger partial charge >= 0.3 is 0 Å². The number of hydrogen-bond donors (Lipinski definition) is 1. The minimum Gasteiger partial charge on any atom is -0.370 e. The zero-order valence-corrected chi connectivity index (χ0v) is 19.9. The van der Waals surface area contributed by atoms with Gasteiger partial charge in [-0.2, -0.15) is 10.1 Å². The Morgan fingerprint density at radius 2 is 1.66 bits per heavy atom. The highest BCUT2D eigenvalue weighted by Gasteiger charge is 2.39. The highest BCUT2D eigenvalue weighted by Crippen LogP contribution is 2.16. The molecule has 2 aromatic carbocycles. The van der Waals surface area contributed by atoms with E-state index in [4.69, 9.17) is 12.2 Å². The number of carbonyl (C=O) groups is 3. The first-order chi connectivity index (χ1) is 16.8. The van der Waals surface area contributed by atoms with E-state index >= 15 is 0 Å². The SMILES string of the molecule is Cc1c(NCC(=O)N2C(=O)CC(=O)N(/N=C/c3ccccc3)C2=S)c(=O)n(-c2ccccc2)n1C. The summed E-state index contributed by atoms with van der Waals surface area (Å²) in [6.07, 6.45) is 0.865. The highest BCUT2D eigenvalue weighted by atomic mass is 32.1. The van der Waals surface area contributed by atoms with E-state index in [1.807, 2.05) is 24.3 Å². The third-order valence-electron chi connectivity index (χ3n) is 5.50. The number of benzene rings is 2. The lowest BCUT2D eigenvalue weighted by molar-refractivity contribution is -0.145. The van der Waals surface area contributed by atoms with E-state index in [2.05, 4.69) is 10.4 Å². The molecule has 0 saturated carbocycles. The van der Waals surface area contributed by atoms with Gasteiger partial charge in [-0.25, -0.2) is 9.58 Å². The maximum atomic E-state index is 13.0. The second-order valence-corrected chi connectivity index (χ2v) is 8.10. The van der Waals surface area contributed by atoms with Crippen LogP contribution >= 0.6 is 12.2 Å². The van der Waals surface area contributed by atoms with Crippen molar-refractivity contribution in [3.63, 3.8) is 0 Å². The molecular weight excluding hydrogens is 468 g/mol. The molecule has 4 rings (SSSR count). The van der Waals surface area contributed by atoms with Crippen molar-refractivity contribution in [2.75, 3.05) is 11.9 Å². The number of thiocarbonyl (C=S) groups is 1. The molecule has 3 amide bonds. The number of hydrazone groups is 1. The van der Waals surface area contributed by atoms with Crippen molar-refractivity contribution in [3.05, 3.63) is 82.3 Å². The van der Waals surface area contributed by atoms with Crippen LogP contribution in [0.1, 0.15) is 17.7 Å². The smallest absolute Gasteiger partial charge is 0.295 e. The molecule has 1 N–H and O–H groups in total. The third kappa shape index (κ3) is 4.66. The first kappa shape index (κ1) is 23.8. The van der Waals surface area contributed by atoms with E-state index in [0.717, 1.165) is 9.91 Å². The molecule has 1 aliphatic heterocycles. The van der Waals surface area contributed by atoms with Crippen molar-refractivity contribution in [2.24, 2.45) is 12.1 Å². The molecule has 11 heteroatoms. The largest absolute Gasteiger partial charge is 0.370 e. The van der Waals surface area contributed by atoms with Crippen LogP contribution in [0.25, 0.3) is 5.69 Å². The molecule has 1 fully saturated rings. The zero-order valence-electron chi connectivity index (χ0n) is 19.0. The molecule has 1 aromatic heterocycles. The van der Waals surface area contributed by atoms with E-state index in [9.17, 15) is 19.2 Å². The molecule has 178 valence electrons. The Kier molecular flexibility index (Phi) is 6.69. The van der Waals surface area contributed by atoms with Crippen molar-refractivity contribution in [2.45, 2.75) is 13.3 Å². The summed E-state index contributed by atoms with van der Waals surface area (Å²) in [6, 6.07) is 18.1. The lowest BCUT2D eigenvalue weighted by Gasteiger charge is -2.30. The Hall–Kier alpha value is -4.38. The van der Waals surface area contributed by atoms with Gasteiger partial charge in [0.2, 0.25) is 11.0 Å². The van der Waals surface area contributed by atoms with Gasteiger partial charge in [-0.1, -0.05) is 48.5 Å². The van der Waals surface area contributed by atoms with E-state index in [1.165, 1.54) is 10.9 Å². The van der Waals surface area contributed by atoms with Crippen molar-refractivity contribution >= 4 is 47.0 Å². The average Bonchev–Trinajstić information content (AvgIpc) is 3.06. The number of carbonyl (C=O) groups excluding carboxylic acids is 3. The lowest BCUT2D eigenvalue weighted by atomic mass is 10.2. The van der Waals surface area contributed by atoms with Gasteiger partial charge in [-0.3, -0.25) is 23.9 Å². The molecule has 3 aromatic rings. The van der Waals surface area contributed by atoms with Crippen LogP contribution in [-0.2, 0) is 21.4 Å². The molecule has 0 aliphatic carbocycles. The minimum absolute atomic E-state index is 0.218. The van der Waals surface area contributed by atoms with E-state index in [0.29, 0.717) is 16.9 Å². The molecule has 2 heterocycles. The number of aromatic nitrogens is 2. The molecule has 0 atom stereocenters. The highest BCUT2D eigenvalue weighted by molar-refractivity contribution is 7.80. The summed E-state index contributed by atoms with van der Waals surface area (Å²) in [5, 5.41) is 7.43. The van der Waals surface area contributed by atoms with Gasteiger partial charge < -0.3 is 5.32 Å². The molecule has 35 heavy (non-hydrogen) atoms. The summed E-state index contributed by atoms with van der Waals surface area (Å²) in [4.78, 5) is 51.6. The Bertz CT molecular complexity index is 1390. The Labute approximate surface area is 206 Å². The second kappa shape index (κ2) is 9.85.